The fourth-order valence-electron chi connectivity index (χ4n) is 3.71. The molecular weight excluding hydrogens is 455 g/mol. The lowest BCUT2D eigenvalue weighted by atomic mass is 10.1. The fraction of sp³-hybridized carbons (Fsp3) is 0.130. The second-order valence-corrected chi connectivity index (χ2v) is 7.90. The van der Waals surface area contributed by atoms with E-state index in [4.69, 9.17) is 0 Å². The maximum absolute atomic E-state index is 13.1. The van der Waals surface area contributed by atoms with Crippen molar-refractivity contribution in [3.05, 3.63) is 87.7 Å². The lowest BCUT2D eigenvalue weighted by Crippen LogP contribution is -2.37. The van der Waals surface area contributed by atoms with Crippen molar-refractivity contribution in [3.8, 4) is 16.9 Å². The van der Waals surface area contributed by atoms with Gasteiger partial charge in [-0.15, -0.1) is 5.10 Å². The highest BCUT2D eigenvalue weighted by Crippen LogP contribution is 2.20. The second-order valence-electron chi connectivity index (χ2n) is 7.90. The van der Waals surface area contributed by atoms with Gasteiger partial charge in [0.05, 0.1) is 18.2 Å². The van der Waals surface area contributed by atoms with Gasteiger partial charge in [0, 0.05) is 25.3 Å². The first-order chi connectivity index (χ1) is 16.8. The molecule has 0 aliphatic carbocycles. The van der Waals surface area contributed by atoms with E-state index in [1.54, 1.807) is 47.3 Å². The number of aryl methyl sites for hydroxylation is 1. The van der Waals surface area contributed by atoms with Crippen molar-refractivity contribution >= 4 is 22.8 Å². The van der Waals surface area contributed by atoms with Crippen molar-refractivity contribution in [1.82, 2.24) is 33.7 Å². The molecule has 0 atom stereocenters. The van der Waals surface area contributed by atoms with Crippen LogP contribution < -0.4 is 16.6 Å². The van der Waals surface area contributed by atoms with Gasteiger partial charge in [-0.3, -0.25) is 18.7 Å². The lowest BCUT2D eigenvalue weighted by Gasteiger charge is -2.08. The smallest absolute Gasteiger partial charge is 0.325 e. The molecule has 0 saturated heterocycles. The van der Waals surface area contributed by atoms with Gasteiger partial charge in [0.15, 0.2) is 11.2 Å². The van der Waals surface area contributed by atoms with Crippen molar-refractivity contribution < 1.29 is 9.18 Å². The topological polar surface area (TPSA) is 122 Å². The summed E-state index contributed by atoms with van der Waals surface area (Å²) < 4.78 is 18.3. The molecule has 0 spiro atoms. The Hall–Kier alpha value is -4.87. The van der Waals surface area contributed by atoms with Crippen molar-refractivity contribution in [2.45, 2.75) is 6.54 Å². The van der Waals surface area contributed by atoms with Crippen LogP contribution in [0.1, 0.15) is 0 Å². The zero-order valence-electron chi connectivity index (χ0n) is 18.7. The largest absolute Gasteiger partial charge is 0.332 e. The molecule has 11 nitrogen and oxygen atoms in total. The van der Waals surface area contributed by atoms with Crippen LogP contribution in [0.3, 0.4) is 0 Å². The first-order valence-electron chi connectivity index (χ1n) is 10.5. The molecule has 3 heterocycles. The normalized spacial score (nSPS) is 11.2. The first-order valence-corrected chi connectivity index (χ1v) is 10.5. The minimum Gasteiger partial charge on any atom is -0.325 e. The van der Waals surface area contributed by atoms with E-state index in [0.29, 0.717) is 17.1 Å². The van der Waals surface area contributed by atoms with Crippen LogP contribution in [0.5, 0.6) is 0 Å². The van der Waals surface area contributed by atoms with Crippen LogP contribution in [-0.4, -0.2) is 39.6 Å². The lowest BCUT2D eigenvalue weighted by molar-refractivity contribution is -0.116. The molecule has 5 aromatic rings. The molecule has 3 aromatic heterocycles. The van der Waals surface area contributed by atoms with Crippen molar-refractivity contribution in [2.75, 3.05) is 5.32 Å². The molecule has 35 heavy (non-hydrogen) atoms. The molecule has 0 aliphatic rings. The number of anilines is 1. The monoisotopic (exact) mass is 474 g/mol. The number of nitrogens with zero attached hydrogens (tertiary/aromatic N) is 7. The Kier molecular flexibility index (Phi) is 5.32. The quantitative estimate of drug-likeness (QED) is 0.412. The molecule has 1 amide bonds. The van der Waals surface area contributed by atoms with Gasteiger partial charge in [0.2, 0.25) is 5.91 Å². The molecule has 0 fully saturated rings. The van der Waals surface area contributed by atoms with Crippen molar-refractivity contribution in [2.24, 2.45) is 14.1 Å². The second kappa shape index (κ2) is 8.48. The predicted molar refractivity (Wildman–Crippen MR) is 126 cm³/mol. The average Bonchev–Trinajstić information content (AvgIpc) is 3.50. The number of carbonyl (C=O) groups is 1. The van der Waals surface area contributed by atoms with Crippen LogP contribution in [0, 0.1) is 5.82 Å². The summed E-state index contributed by atoms with van der Waals surface area (Å²) in [5.74, 6) is -0.698. The molecule has 12 heteroatoms. The summed E-state index contributed by atoms with van der Waals surface area (Å²) in [5, 5.41) is 11.0. The number of hydrogen-bond donors (Lipinski definition) is 1. The number of imidazole rings is 1. The molecule has 0 aliphatic heterocycles. The summed E-state index contributed by atoms with van der Waals surface area (Å²) in [4.78, 5) is 41.3. The minimum absolute atomic E-state index is 0.155. The number of fused-ring (bicyclic) bond motifs is 1. The summed E-state index contributed by atoms with van der Waals surface area (Å²) >= 11 is 0. The van der Waals surface area contributed by atoms with E-state index in [1.807, 2.05) is 0 Å². The van der Waals surface area contributed by atoms with Crippen LogP contribution >= 0.6 is 0 Å². The zero-order valence-corrected chi connectivity index (χ0v) is 18.7. The third kappa shape index (κ3) is 4.01. The Labute approximate surface area is 196 Å². The number of nitrogens with one attached hydrogen (secondary N) is 1. The first kappa shape index (κ1) is 21.9. The van der Waals surface area contributed by atoms with Gasteiger partial charge in [0.1, 0.15) is 18.1 Å². The maximum Gasteiger partial charge on any atom is 0.332 e. The number of carbonyl (C=O) groups excluding carboxylic acids is 1. The standard InChI is InChI=1S/C23H19FN8O3/c1-29-21-20(22(34)30(2)23(29)35)31(13-25-21)12-19(33)26-16-7-3-14(4-8-16)18-11-32(28-27-18)17-9-5-15(24)6-10-17/h3-11,13H,12H2,1-2H3,(H,26,33). The Morgan fingerprint density at radius 1 is 1.00 bits per heavy atom. The van der Waals surface area contributed by atoms with Gasteiger partial charge in [-0.2, -0.15) is 0 Å². The van der Waals surface area contributed by atoms with Crippen LogP contribution in [0.2, 0.25) is 0 Å². The minimum atomic E-state index is -0.522. The van der Waals surface area contributed by atoms with E-state index in [1.165, 1.54) is 41.7 Å². The van der Waals surface area contributed by atoms with Gasteiger partial charge in [-0.1, -0.05) is 17.3 Å². The van der Waals surface area contributed by atoms with E-state index < -0.39 is 11.2 Å². The summed E-state index contributed by atoms with van der Waals surface area (Å²) in [6.45, 7) is -0.155. The Morgan fingerprint density at radius 2 is 1.71 bits per heavy atom. The molecular formula is C23H19FN8O3. The fourth-order valence-corrected chi connectivity index (χ4v) is 3.71. The van der Waals surface area contributed by atoms with E-state index in [9.17, 15) is 18.8 Å². The number of rotatable bonds is 5. The maximum atomic E-state index is 13.1. The molecule has 1 N–H and O–H groups in total. The Morgan fingerprint density at radius 3 is 2.43 bits per heavy atom. The van der Waals surface area contributed by atoms with Crippen molar-refractivity contribution in [1.29, 1.82) is 0 Å². The van der Waals surface area contributed by atoms with Gasteiger partial charge >= 0.3 is 5.69 Å². The Balaban J connectivity index is 1.31. The summed E-state index contributed by atoms with van der Waals surface area (Å²) in [5.41, 5.74) is 1.99. The third-order valence-corrected chi connectivity index (χ3v) is 5.58. The zero-order chi connectivity index (χ0) is 24.7. The number of amides is 1. The van der Waals surface area contributed by atoms with E-state index in [0.717, 1.165) is 10.1 Å². The van der Waals surface area contributed by atoms with Gasteiger partial charge in [-0.25, -0.2) is 18.9 Å². The molecule has 2 aromatic carbocycles. The highest BCUT2D eigenvalue weighted by molar-refractivity contribution is 5.91. The van der Waals surface area contributed by atoms with Crippen LogP contribution in [0.15, 0.2) is 70.6 Å². The summed E-state index contributed by atoms with van der Waals surface area (Å²) in [7, 11) is 2.89. The number of halogens is 1. The summed E-state index contributed by atoms with van der Waals surface area (Å²) in [6.07, 6.45) is 3.08. The highest BCUT2D eigenvalue weighted by Gasteiger charge is 2.16. The van der Waals surface area contributed by atoms with Crippen LogP contribution in [0.25, 0.3) is 28.1 Å². The molecule has 0 bridgehead atoms. The predicted octanol–water partition coefficient (Wildman–Crippen LogP) is 1.46. The Bertz CT molecular complexity index is 1680. The van der Waals surface area contributed by atoms with E-state index in [-0.39, 0.29) is 29.4 Å². The number of aromatic nitrogens is 7. The highest BCUT2D eigenvalue weighted by atomic mass is 19.1. The third-order valence-electron chi connectivity index (χ3n) is 5.58. The van der Waals surface area contributed by atoms with Gasteiger partial charge in [0.25, 0.3) is 5.56 Å². The number of hydrogen-bond acceptors (Lipinski definition) is 6. The molecule has 0 saturated carbocycles. The van der Waals surface area contributed by atoms with Crippen molar-refractivity contribution in [3.63, 3.8) is 0 Å². The molecule has 0 radical (unpaired) electrons. The molecule has 5 rings (SSSR count). The van der Waals surface area contributed by atoms with Gasteiger partial charge < -0.3 is 9.88 Å². The average molecular weight is 474 g/mol. The van der Waals surface area contributed by atoms with Crippen LogP contribution in [0.4, 0.5) is 10.1 Å². The van der Waals surface area contributed by atoms with Gasteiger partial charge in [-0.05, 0) is 36.4 Å². The van der Waals surface area contributed by atoms with E-state index in [2.05, 4.69) is 20.6 Å². The van der Waals surface area contributed by atoms with Crippen LogP contribution in [-0.2, 0) is 25.4 Å². The molecule has 176 valence electrons. The number of benzene rings is 2. The molecule has 0 unspecified atom stereocenters. The van der Waals surface area contributed by atoms with E-state index >= 15 is 0 Å². The SMILES string of the molecule is Cn1c(=O)c2c(ncn2CC(=O)Nc2ccc(-c3cn(-c4ccc(F)cc4)nn3)cc2)n(C)c1=O. The summed E-state index contributed by atoms with van der Waals surface area (Å²) in [6, 6.07) is 12.9.